The molecule has 25 heavy (non-hydrogen) atoms. The molecule has 2 aromatic rings. The number of imidazole rings is 1. The summed E-state index contributed by atoms with van der Waals surface area (Å²) in [4.78, 5) is 25.5. The van der Waals surface area contributed by atoms with Crippen molar-refractivity contribution >= 4 is 5.91 Å². The molecule has 2 aliphatic rings. The molecule has 2 saturated heterocycles. The van der Waals surface area contributed by atoms with E-state index in [1.165, 1.54) is 5.56 Å². The van der Waals surface area contributed by atoms with E-state index in [2.05, 4.69) is 20.9 Å². The Labute approximate surface area is 147 Å². The molecule has 0 unspecified atom stereocenters. The minimum absolute atomic E-state index is 0.00199. The molecule has 4 rings (SSSR count). The number of aromatic nitrogens is 3. The zero-order chi connectivity index (χ0) is 17.2. The first kappa shape index (κ1) is 16.2. The van der Waals surface area contributed by atoms with Crippen molar-refractivity contribution in [1.82, 2.24) is 24.3 Å². The Balaban J connectivity index is 1.49. The number of amides is 1. The van der Waals surface area contributed by atoms with Gasteiger partial charge in [0.05, 0.1) is 18.8 Å². The molecule has 0 aliphatic carbocycles. The summed E-state index contributed by atoms with van der Waals surface area (Å²) in [7, 11) is 1.85. The lowest BCUT2D eigenvalue weighted by Gasteiger charge is -2.47. The van der Waals surface area contributed by atoms with Crippen LogP contribution in [0.5, 0.6) is 0 Å². The summed E-state index contributed by atoms with van der Waals surface area (Å²) in [5, 5.41) is 0. The van der Waals surface area contributed by atoms with Crippen LogP contribution in [0, 0.1) is 0 Å². The molecule has 0 bridgehead atoms. The zero-order valence-electron chi connectivity index (χ0n) is 14.4. The van der Waals surface area contributed by atoms with Crippen LogP contribution in [-0.4, -0.2) is 68.6 Å². The third-order valence-corrected chi connectivity index (χ3v) is 5.11. The van der Waals surface area contributed by atoms with Crippen LogP contribution >= 0.6 is 0 Å². The number of morpholine rings is 1. The first-order chi connectivity index (χ1) is 12.2. The average molecular weight is 341 g/mol. The maximum Gasteiger partial charge on any atom is 0.289 e. The highest BCUT2D eigenvalue weighted by Crippen LogP contribution is 2.25. The molecule has 7 nitrogen and oxygen atoms in total. The number of fused-ring (bicyclic) bond motifs is 1. The minimum Gasteiger partial charge on any atom is -0.375 e. The molecule has 1 amide bonds. The van der Waals surface area contributed by atoms with Gasteiger partial charge in [0.2, 0.25) is 0 Å². The number of carbonyl (C=O) groups excluding carboxylic acids is 1. The first-order valence-electron chi connectivity index (χ1n) is 8.73. The number of piperidine rings is 1. The first-order valence-corrected chi connectivity index (χ1v) is 8.73. The van der Waals surface area contributed by atoms with Crippen LogP contribution in [-0.2, 0) is 18.3 Å². The molecule has 2 aliphatic heterocycles. The molecule has 132 valence electrons. The fourth-order valence-corrected chi connectivity index (χ4v) is 3.76. The Morgan fingerprint density at radius 2 is 2.28 bits per heavy atom. The Morgan fingerprint density at radius 3 is 3.04 bits per heavy atom. The van der Waals surface area contributed by atoms with E-state index in [0.717, 1.165) is 26.1 Å². The van der Waals surface area contributed by atoms with Crippen molar-refractivity contribution < 1.29 is 9.53 Å². The largest absolute Gasteiger partial charge is 0.375 e. The second kappa shape index (κ2) is 6.93. The van der Waals surface area contributed by atoms with Gasteiger partial charge in [-0.1, -0.05) is 6.07 Å². The van der Waals surface area contributed by atoms with Crippen molar-refractivity contribution in [3.63, 3.8) is 0 Å². The molecule has 2 aromatic heterocycles. The molecule has 0 spiro atoms. The summed E-state index contributed by atoms with van der Waals surface area (Å²) in [5.74, 6) is 0.492. The molecule has 0 radical (unpaired) electrons. The van der Waals surface area contributed by atoms with Crippen LogP contribution in [0.4, 0.5) is 0 Å². The molecule has 2 fully saturated rings. The maximum atomic E-state index is 12.8. The van der Waals surface area contributed by atoms with Gasteiger partial charge >= 0.3 is 0 Å². The van der Waals surface area contributed by atoms with Gasteiger partial charge in [-0.3, -0.25) is 14.7 Å². The van der Waals surface area contributed by atoms with E-state index in [0.29, 0.717) is 18.9 Å². The summed E-state index contributed by atoms with van der Waals surface area (Å²) in [6.45, 7) is 3.85. The van der Waals surface area contributed by atoms with Crippen LogP contribution in [0.1, 0.15) is 22.6 Å². The Hall–Kier alpha value is -2.25. The van der Waals surface area contributed by atoms with E-state index in [-0.39, 0.29) is 18.1 Å². The highest BCUT2D eigenvalue weighted by molar-refractivity contribution is 5.90. The normalized spacial score (nSPS) is 24.1. The monoisotopic (exact) mass is 341 g/mol. The lowest BCUT2D eigenvalue weighted by atomic mass is 9.98. The summed E-state index contributed by atoms with van der Waals surface area (Å²) in [6, 6.07) is 4.27. The van der Waals surface area contributed by atoms with Gasteiger partial charge in [-0.15, -0.1) is 0 Å². The van der Waals surface area contributed by atoms with Crippen LogP contribution in [0.25, 0.3) is 0 Å². The lowest BCUT2D eigenvalue weighted by Crippen LogP contribution is -2.60. The van der Waals surface area contributed by atoms with E-state index in [1.807, 2.05) is 24.2 Å². The van der Waals surface area contributed by atoms with Crippen molar-refractivity contribution in [2.24, 2.45) is 7.05 Å². The number of pyridine rings is 1. The molecule has 0 N–H and O–H groups in total. The summed E-state index contributed by atoms with van der Waals surface area (Å²) in [6.07, 6.45) is 8.22. The zero-order valence-corrected chi connectivity index (χ0v) is 14.4. The van der Waals surface area contributed by atoms with Gasteiger partial charge < -0.3 is 14.2 Å². The van der Waals surface area contributed by atoms with E-state index >= 15 is 0 Å². The van der Waals surface area contributed by atoms with Gasteiger partial charge in [0.25, 0.3) is 5.91 Å². The van der Waals surface area contributed by atoms with Gasteiger partial charge in [-0.05, 0) is 18.1 Å². The SMILES string of the molecule is Cn1ccnc1C(=O)N1CC[C@H]2OCCN(Cc3cccnc3)[C@@H]2C1. The maximum absolute atomic E-state index is 12.8. The molecule has 4 heterocycles. The number of carbonyl (C=O) groups is 1. The van der Waals surface area contributed by atoms with Crippen molar-refractivity contribution in [2.45, 2.75) is 25.1 Å². The van der Waals surface area contributed by atoms with E-state index in [4.69, 9.17) is 4.74 Å². The predicted octanol–water partition coefficient (Wildman–Crippen LogP) is 0.931. The van der Waals surface area contributed by atoms with Gasteiger partial charge in [-0.25, -0.2) is 4.98 Å². The number of nitrogens with zero attached hydrogens (tertiary/aromatic N) is 5. The summed E-state index contributed by atoms with van der Waals surface area (Å²) >= 11 is 0. The smallest absolute Gasteiger partial charge is 0.289 e. The van der Waals surface area contributed by atoms with Crippen molar-refractivity contribution in [3.8, 4) is 0 Å². The molecule has 2 atom stereocenters. The Kier molecular flexibility index (Phi) is 4.50. The van der Waals surface area contributed by atoms with Crippen molar-refractivity contribution in [3.05, 3.63) is 48.3 Å². The molecular weight excluding hydrogens is 318 g/mol. The number of ether oxygens (including phenoxy) is 1. The van der Waals surface area contributed by atoms with Gasteiger partial charge in [0, 0.05) is 58.0 Å². The number of likely N-dealkylation sites (tertiary alicyclic amines) is 1. The standard InChI is InChI=1S/C18H23N5O2/c1-21-8-6-20-17(21)18(24)23-7-4-16-15(13-23)22(9-10-25-16)12-14-3-2-5-19-11-14/h2-3,5-6,8,11,15-16H,4,7,9-10,12-13H2,1H3/t15-,16-/m1/s1. The highest BCUT2D eigenvalue weighted by atomic mass is 16.5. The fourth-order valence-electron chi connectivity index (χ4n) is 3.76. The number of hydrogen-bond acceptors (Lipinski definition) is 5. The second-order valence-corrected chi connectivity index (χ2v) is 6.71. The lowest BCUT2D eigenvalue weighted by molar-refractivity contribution is -0.101. The van der Waals surface area contributed by atoms with Gasteiger partial charge in [-0.2, -0.15) is 0 Å². The molecule has 0 saturated carbocycles. The van der Waals surface area contributed by atoms with E-state index < -0.39 is 0 Å². The third kappa shape index (κ3) is 3.29. The van der Waals surface area contributed by atoms with Gasteiger partial charge in [0.1, 0.15) is 0 Å². The fraction of sp³-hybridized carbons (Fsp3) is 0.500. The van der Waals surface area contributed by atoms with Crippen LogP contribution in [0.3, 0.4) is 0 Å². The quantitative estimate of drug-likeness (QED) is 0.831. The van der Waals surface area contributed by atoms with Crippen LogP contribution in [0.2, 0.25) is 0 Å². The summed E-state index contributed by atoms with van der Waals surface area (Å²) < 4.78 is 7.75. The molecule has 0 aromatic carbocycles. The van der Waals surface area contributed by atoms with Crippen LogP contribution in [0.15, 0.2) is 36.9 Å². The highest BCUT2D eigenvalue weighted by Gasteiger charge is 2.39. The Morgan fingerprint density at radius 1 is 1.36 bits per heavy atom. The number of aryl methyl sites for hydroxylation is 1. The summed E-state index contributed by atoms with van der Waals surface area (Å²) in [5.41, 5.74) is 1.19. The average Bonchev–Trinajstić information content (AvgIpc) is 3.08. The predicted molar refractivity (Wildman–Crippen MR) is 91.9 cm³/mol. The minimum atomic E-state index is -0.00199. The molecular formula is C18H23N5O2. The van der Waals surface area contributed by atoms with E-state index in [1.54, 1.807) is 23.2 Å². The van der Waals surface area contributed by atoms with Crippen LogP contribution < -0.4 is 0 Å². The number of rotatable bonds is 3. The Bertz CT molecular complexity index is 732. The van der Waals surface area contributed by atoms with Crippen molar-refractivity contribution in [2.75, 3.05) is 26.2 Å². The topological polar surface area (TPSA) is 63.5 Å². The third-order valence-electron chi connectivity index (χ3n) is 5.11. The number of hydrogen-bond donors (Lipinski definition) is 0. The van der Waals surface area contributed by atoms with E-state index in [9.17, 15) is 4.79 Å². The second-order valence-electron chi connectivity index (χ2n) is 6.71. The van der Waals surface area contributed by atoms with Gasteiger partial charge in [0.15, 0.2) is 5.82 Å². The van der Waals surface area contributed by atoms with Crippen molar-refractivity contribution in [1.29, 1.82) is 0 Å². The molecule has 7 heteroatoms.